The van der Waals surface area contributed by atoms with Crippen molar-refractivity contribution in [1.29, 1.82) is 0 Å². The largest absolute Gasteiger partial charge is 0.394 e. The molecule has 1 aliphatic rings. The van der Waals surface area contributed by atoms with Crippen LogP contribution in [0.3, 0.4) is 0 Å². The lowest BCUT2D eigenvalue weighted by atomic mass is 10.0. The number of rotatable bonds is 5. The Hall–Kier alpha value is -0.570. The molecule has 82 valence electrons. The summed E-state index contributed by atoms with van der Waals surface area (Å²) in [6.07, 6.45) is 2.75. The molecule has 1 fully saturated rings. The van der Waals surface area contributed by atoms with E-state index in [2.05, 4.69) is 13.8 Å². The maximum absolute atomic E-state index is 11.7. The molecular weight excluding hydrogens is 178 g/mol. The minimum atomic E-state index is 0.00921. The SMILES string of the molecule is CCC(=O)N(C1CC1)[C@H](CO)C(C)C. The zero-order chi connectivity index (χ0) is 10.7. The van der Waals surface area contributed by atoms with Crippen LogP contribution in [0.15, 0.2) is 0 Å². The summed E-state index contributed by atoms with van der Waals surface area (Å²) in [5, 5.41) is 9.29. The highest BCUT2D eigenvalue weighted by molar-refractivity contribution is 5.77. The van der Waals surface area contributed by atoms with Crippen molar-refractivity contribution in [2.75, 3.05) is 6.61 Å². The first kappa shape index (κ1) is 11.5. The number of amides is 1. The summed E-state index contributed by atoms with van der Waals surface area (Å²) < 4.78 is 0. The van der Waals surface area contributed by atoms with Crippen LogP contribution in [0.2, 0.25) is 0 Å². The van der Waals surface area contributed by atoms with Crippen molar-refractivity contribution < 1.29 is 9.90 Å². The molecule has 0 saturated heterocycles. The third-order valence-corrected chi connectivity index (χ3v) is 2.84. The second-order valence-corrected chi connectivity index (χ2v) is 4.38. The van der Waals surface area contributed by atoms with Gasteiger partial charge < -0.3 is 10.0 Å². The van der Waals surface area contributed by atoms with Crippen LogP contribution < -0.4 is 0 Å². The van der Waals surface area contributed by atoms with Gasteiger partial charge in [0.2, 0.25) is 5.91 Å². The molecule has 0 bridgehead atoms. The van der Waals surface area contributed by atoms with Crippen molar-refractivity contribution in [3.8, 4) is 0 Å². The standard InChI is InChI=1S/C11H21NO2/c1-4-11(14)12(9-5-6-9)10(7-13)8(2)3/h8-10,13H,4-7H2,1-3H3/t10-/m1/s1. The summed E-state index contributed by atoms with van der Waals surface area (Å²) in [5.74, 6) is 0.511. The van der Waals surface area contributed by atoms with Crippen LogP contribution in [0.1, 0.15) is 40.0 Å². The minimum Gasteiger partial charge on any atom is -0.394 e. The van der Waals surface area contributed by atoms with Gasteiger partial charge in [0.05, 0.1) is 12.6 Å². The van der Waals surface area contributed by atoms with Gasteiger partial charge in [0.15, 0.2) is 0 Å². The van der Waals surface area contributed by atoms with Crippen molar-refractivity contribution in [3.63, 3.8) is 0 Å². The van der Waals surface area contributed by atoms with Crippen LogP contribution in [-0.2, 0) is 4.79 Å². The van der Waals surface area contributed by atoms with Crippen molar-refractivity contribution >= 4 is 5.91 Å². The molecule has 0 aromatic carbocycles. The second kappa shape index (κ2) is 4.78. The Kier molecular flexibility index (Phi) is 3.93. The van der Waals surface area contributed by atoms with E-state index in [1.165, 1.54) is 0 Å². The molecule has 14 heavy (non-hydrogen) atoms. The van der Waals surface area contributed by atoms with Gasteiger partial charge in [-0.1, -0.05) is 20.8 Å². The zero-order valence-corrected chi connectivity index (χ0v) is 9.36. The molecule has 3 heteroatoms. The van der Waals surface area contributed by atoms with E-state index in [9.17, 15) is 9.90 Å². The van der Waals surface area contributed by atoms with Gasteiger partial charge >= 0.3 is 0 Å². The lowest BCUT2D eigenvalue weighted by Crippen LogP contribution is -2.46. The monoisotopic (exact) mass is 199 g/mol. The highest BCUT2D eigenvalue weighted by Crippen LogP contribution is 2.31. The molecule has 1 saturated carbocycles. The fraction of sp³-hybridized carbons (Fsp3) is 0.909. The Balaban J connectivity index is 2.68. The average molecular weight is 199 g/mol. The number of carbonyl (C=O) groups excluding carboxylic acids is 1. The van der Waals surface area contributed by atoms with E-state index in [0.29, 0.717) is 18.4 Å². The topological polar surface area (TPSA) is 40.5 Å². The summed E-state index contributed by atoms with van der Waals surface area (Å²) in [6.45, 7) is 6.07. The van der Waals surface area contributed by atoms with E-state index in [4.69, 9.17) is 0 Å². The van der Waals surface area contributed by atoms with E-state index in [-0.39, 0.29) is 18.6 Å². The molecule has 1 atom stereocenters. The fourth-order valence-corrected chi connectivity index (χ4v) is 1.81. The maximum atomic E-state index is 11.7. The van der Waals surface area contributed by atoms with E-state index in [1.807, 2.05) is 11.8 Å². The Bertz CT molecular complexity index is 199. The zero-order valence-electron chi connectivity index (χ0n) is 9.36. The Morgan fingerprint density at radius 3 is 2.36 bits per heavy atom. The first-order valence-electron chi connectivity index (χ1n) is 5.53. The average Bonchev–Trinajstić information content (AvgIpc) is 2.95. The summed E-state index contributed by atoms with van der Waals surface area (Å²) in [5.41, 5.74) is 0. The third kappa shape index (κ3) is 2.47. The van der Waals surface area contributed by atoms with Gasteiger partial charge in [0.25, 0.3) is 0 Å². The van der Waals surface area contributed by atoms with Crippen molar-refractivity contribution in [2.45, 2.75) is 52.1 Å². The first-order chi connectivity index (χ1) is 6.61. The molecule has 1 N–H and O–H groups in total. The van der Waals surface area contributed by atoms with E-state index >= 15 is 0 Å². The molecule has 1 aliphatic carbocycles. The predicted octanol–water partition coefficient (Wildman–Crippen LogP) is 1.40. The lowest BCUT2D eigenvalue weighted by molar-refractivity contribution is -0.136. The molecule has 0 radical (unpaired) electrons. The molecule has 3 nitrogen and oxygen atoms in total. The van der Waals surface area contributed by atoms with Crippen molar-refractivity contribution in [1.82, 2.24) is 4.90 Å². The summed E-state index contributed by atoms with van der Waals surface area (Å²) in [6, 6.07) is 0.414. The summed E-state index contributed by atoms with van der Waals surface area (Å²) in [7, 11) is 0. The Morgan fingerprint density at radius 1 is 1.50 bits per heavy atom. The van der Waals surface area contributed by atoms with Gasteiger partial charge in [0.1, 0.15) is 0 Å². The van der Waals surface area contributed by atoms with E-state index in [0.717, 1.165) is 12.8 Å². The van der Waals surface area contributed by atoms with Gasteiger partial charge in [-0.2, -0.15) is 0 Å². The molecule has 0 spiro atoms. The quantitative estimate of drug-likeness (QED) is 0.727. The number of hydrogen-bond donors (Lipinski definition) is 1. The Morgan fingerprint density at radius 2 is 2.07 bits per heavy atom. The van der Waals surface area contributed by atoms with Crippen LogP contribution in [0.4, 0.5) is 0 Å². The minimum absolute atomic E-state index is 0.00921. The smallest absolute Gasteiger partial charge is 0.222 e. The number of aliphatic hydroxyl groups is 1. The van der Waals surface area contributed by atoms with Crippen molar-refractivity contribution in [3.05, 3.63) is 0 Å². The van der Waals surface area contributed by atoms with Gasteiger partial charge in [0, 0.05) is 12.5 Å². The number of aliphatic hydroxyl groups excluding tert-OH is 1. The molecule has 1 rings (SSSR count). The Labute approximate surface area is 86.1 Å². The van der Waals surface area contributed by atoms with Crippen LogP contribution in [0.5, 0.6) is 0 Å². The van der Waals surface area contributed by atoms with Crippen LogP contribution in [0.25, 0.3) is 0 Å². The molecular formula is C11H21NO2. The third-order valence-electron chi connectivity index (χ3n) is 2.84. The van der Waals surface area contributed by atoms with Crippen LogP contribution in [0, 0.1) is 5.92 Å². The van der Waals surface area contributed by atoms with E-state index < -0.39 is 0 Å². The molecule has 0 aromatic heterocycles. The number of nitrogens with zero attached hydrogens (tertiary/aromatic N) is 1. The normalized spacial score (nSPS) is 18.4. The molecule has 0 unspecified atom stereocenters. The maximum Gasteiger partial charge on any atom is 0.222 e. The molecule has 0 aromatic rings. The summed E-state index contributed by atoms with van der Waals surface area (Å²) in [4.78, 5) is 13.6. The van der Waals surface area contributed by atoms with Crippen LogP contribution >= 0.6 is 0 Å². The van der Waals surface area contributed by atoms with Crippen molar-refractivity contribution in [2.24, 2.45) is 5.92 Å². The van der Waals surface area contributed by atoms with Gasteiger partial charge in [-0.3, -0.25) is 4.79 Å². The molecule has 0 aliphatic heterocycles. The van der Waals surface area contributed by atoms with Crippen LogP contribution in [-0.4, -0.2) is 34.6 Å². The van der Waals surface area contributed by atoms with Gasteiger partial charge in [-0.15, -0.1) is 0 Å². The first-order valence-corrected chi connectivity index (χ1v) is 5.53. The highest BCUT2D eigenvalue weighted by Gasteiger charge is 2.37. The predicted molar refractivity (Wildman–Crippen MR) is 55.9 cm³/mol. The van der Waals surface area contributed by atoms with Gasteiger partial charge in [-0.25, -0.2) is 0 Å². The van der Waals surface area contributed by atoms with Gasteiger partial charge in [-0.05, 0) is 18.8 Å². The number of carbonyl (C=O) groups is 1. The molecule has 0 heterocycles. The number of hydrogen-bond acceptors (Lipinski definition) is 2. The fourth-order valence-electron chi connectivity index (χ4n) is 1.81. The second-order valence-electron chi connectivity index (χ2n) is 4.38. The highest BCUT2D eigenvalue weighted by atomic mass is 16.3. The summed E-state index contributed by atoms with van der Waals surface area (Å²) >= 11 is 0. The van der Waals surface area contributed by atoms with E-state index in [1.54, 1.807) is 0 Å². The lowest BCUT2D eigenvalue weighted by Gasteiger charge is -2.33. The molecule has 1 amide bonds.